The van der Waals surface area contributed by atoms with Crippen molar-refractivity contribution in [2.24, 2.45) is 0 Å². The number of aromatic nitrogens is 4. The predicted octanol–water partition coefficient (Wildman–Crippen LogP) is 1.87. The number of halogens is 1. The van der Waals surface area contributed by atoms with E-state index >= 15 is 0 Å². The monoisotopic (exact) mass is 232 g/mol. The zero-order valence-corrected chi connectivity index (χ0v) is 9.85. The van der Waals surface area contributed by atoms with E-state index < -0.39 is 0 Å². The van der Waals surface area contributed by atoms with Gasteiger partial charge in [0.15, 0.2) is 5.82 Å². The highest BCUT2D eigenvalue weighted by molar-refractivity contribution is 8.00. The highest BCUT2D eigenvalue weighted by Crippen LogP contribution is 2.48. The van der Waals surface area contributed by atoms with Crippen LogP contribution in [-0.4, -0.2) is 31.2 Å². The number of tetrazole rings is 1. The summed E-state index contributed by atoms with van der Waals surface area (Å²) >= 11 is 7.87. The van der Waals surface area contributed by atoms with Crippen LogP contribution >= 0.6 is 23.4 Å². The number of thioether (sulfide) groups is 1. The van der Waals surface area contributed by atoms with Crippen molar-refractivity contribution < 1.29 is 0 Å². The van der Waals surface area contributed by atoms with Crippen LogP contribution in [0.25, 0.3) is 0 Å². The van der Waals surface area contributed by atoms with Gasteiger partial charge < -0.3 is 0 Å². The van der Waals surface area contributed by atoms with Crippen molar-refractivity contribution >= 4 is 23.4 Å². The first-order valence-electron chi connectivity index (χ1n) is 4.62. The summed E-state index contributed by atoms with van der Waals surface area (Å²) in [5.74, 6) is 0.770. The SMILES string of the molecule is CSC1(Cn2nnnc2C(C)Cl)CC1. The molecule has 1 atom stereocenters. The maximum atomic E-state index is 5.97. The van der Waals surface area contributed by atoms with E-state index in [-0.39, 0.29) is 5.38 Å². The molecule has 78 valence electrons. The van der Waals surface area contributed by atoms with Gasteiger partial charge in [0, 0.05) is 4.75 Å². The zero-order chi connectivity index (χ0) is 10.2. The van der Waals surface area contributed by atoms with Crippen molar-refractivity contribution in [3.8, 4) is 0 Å². The van der Waals surface area contributed by atoms with Gasteiger partial charge in [-0.15, -0.1) is 16.7 Å². The Hall–Kier alpha value is -0.290. The maximum absolute atomic E-state index is 5.97. The minimum Gasteiger partial charge on any atom is -0.227 e. The normalized spacial score (nSPS) is 20.8. The highest BCUT2D eigenvalue weighted by atomic mass is 35.5. The summed E-state index contributed by atoms with van der Waals surface area (Å²) in [6, 6.07) is 0. The molecule has 1 heterocycles. The minimum atomic E-state index is -0.123. The molecule has 4 nitrogen and oxygen atoms in total. The average molecular weight is 233 g/mol. The predicted molar refractivity (Wildman–Crippen MR) is 57.6 cm³/mol. The van der Waals surface area contributed by atoms with E-state index in [9.17, 15) is 0 Å². The molecule has 14 heavy (non-hydrogen) atoms. The van der Waals surface area contributed by atoms with E-state index in [1.807, 2.05) is 23.4 Å². The molecule has 1 fully saturated rings. The van der Waals surface area contributed by atoms with E-state index in [0.29, 0.717) is 4.75 Å². The first-order chi connectivity index (χ1) is 6.67. The van der Waals surface area contributed by atoms with Crippen LogP contribution in [0, 0.1) is 0 Å². The summed E-state index contributed by atoms with van der Waals surface area (Å²) in [5.41, 5.74) is 0. The minimum absolute atomic E-state index is 0.123. The van der Waals surface area contributed by atoms with Crippen molar-refractivity contribution in [1.82, 2.24) is 20.2 Å². The first-order valence-corrected chi connectivity index (χ1v) is 6.28. The molecule has 2 rings (SSSR count). The van der Waals surface area contributed by atoms with Gasteiger partial charge in [-0.25, -0.2) is 4.68 Å². The Balaban J connectivity index is 2.12. The summed E-state index contributed by atoms with van der Waals surface area (Å²) < 4.78 is 2.21. The molecule has 0 bridgehead atoms. The summed E-state index contributed by atoms with van der Waals surface area (Å²) in [6.07, 6.45) is 4.65. The molecule has 0 N–H and O–H groups in total. The Morgan fingerprint density at radius 3 is 2.86 bits per heavy atom. The molecule has 0 aromatic carbocycles. The van der Waals surface area contributed by atoms with Gasteiger partial charge in [-0.2, -0.15) is 11.8 Å². The maximum Gasteiger partial charge on any atom is 0.168 e. The number of rotatable bonds is 4. The molecule has 1 saturated carbocycles. The third-order valence-corrected chi connectivity index (χ3v) is 4.19. The van der Waals surface area contributed by atoms with E-state index in [0.717, 1.165) is 12.4 Å². The topological polar surface area (TPSA) is 43.6 Å². The average Bonchev–Trinajstić information content (AvgIpc) is 2.76. The van der Waals surface area contributed by atoms with Gasteiger partial charge in [0.25, 0.3) is 0 Å². The molecule has 1 aromatic rings. The van der Waals surface area contributed by atoms with Crippen molar-refractivity contribution in [2.45, 2.75) is 36.4 Å². The fraction of sp³-hybridized carbons (Fsp3) is 0.875. The third-order valence-electron chi connectivity index (χ3n) is 2.59. The Bertz CT molecular complexity index is 321. The second-order valence-corrected chi connectivity index (χ2v) is 5.63. The smallest absolute Gasteiger partial charge is 0.168 e. The van der Waals surface area contributed by atoms with Crippen LogP contribution < -0.4 is 0 Å². The van der Waals surface area contributed by atoms with Gasteiger partial charge in [0.1, 0.15) is 0 Å². The molecule has 1 unspecified atom stereocenters. The molecule has 0 amide bonds. The van der Waals surface area contributed by atoms with Crippen LogP contribution in [0.4, 0.5) is 0 Å². The summed E-state index contributed by atoms with van der Waals surface area (Å²) in [4.78, 5) is 0. The molecule has 1 aliphatic rings. The lowest BCUT2D eigenvalue weighted by molar-refractivity contribution is 0.544. The van der Waals surface area contributed by atoms with Gasteiger partial charge in [-0.05, 0) is 36.4 Å². The quantitative estimate of drug-likeness (QED) is 0.744. The Morgan fingerprint density at radius 2 is 2.36 bits per heavy atom. The van der Waals surface area contributed by atoms with Crippen molar-refractivity contribution in [3.05, 3.63) is 5.82 Å². The molecular weight excluding hydrogens is 220 g/mol. The van der Waals surface area contributed by atoms with Crippen LogP contribution in [0.5, 0.6) is 0 Å². The third kappa shape index (κ3) is 1.88. The molecular formula is C8H13ClN4S. The Morgan fingerprint density at radius 1 is 1.64 bits per heavy atom. The van der Waals surface area contributed by atoms with Crippen LogP contribution in [0.1, 0.15) is 31.0 Å². The second kappa shape index (κ2) is 3.70. The summed E-state index contributed by atoms with van der Waals surface area (Å²) in [5, 5.41) is 11.4. The van der Waals surface area contributed by atoms with Crippen LogP contribution in [0.15, 0.2) is 0 Å². The lowest BCUT2D eigenvalue weighted by atomic mass is 10.4. The van der Waals surface area contributed by atoms with Crippen LogP contribution in [0.3, 0.4) is 0 Å². The van der Waals surface area contributed by atoms with Gasteiger partial charge in [0.05, 0.1) is 11.9 Å². The summed E-state index contributed by atoms with van der Waals surface area (Å²) in [7, 11) is 0. The second-order valence-electron chi connectivity index (χ2n) is 3.70. The zero-order valence-electron chi connectivity index (χ0n) is 8.27. The molecule has 0 radical (unpaired) electrons. The Labute approximate surface area is 92.4 Å². The lowest BCUT2D eigenvalue weighted by Gasteiger charge is -2.12. The molecule has 1 aromatic heterocycles. The number of hydrogen-bond donors (Lipinski definition) is 0. The van der Waals surface area contributed by atoms with Gasteiger partial charge in [-0.3, -0.25) is 0 Å². The largest absolute Gasteiger partial charge is 0.227 e. The number of nitrogens with zero attached hydrogens (tertiary/aromatic N) is 4. The molecule has 0 spiro atoms. The van der Waals surface area contributed by atoms with Crippen molar-refractivity contribution in [3.63, 3.8) is 0 Å². The molecule has 1 aliphatic carbocycles. The highest BCUT2D eigenvalue weighted by Gasteiger charge is 2.43. The summed E-state index contributed by atoms with van der Waals surface area (Å²) in [6.45, 7) is 2.77. The molecule has 0 saturated heterocycles. The standard InChI is InChI=1S/C8H13ClN4S/c1-6(9)7-10-11-12-13(7)5-8(14-2)3-4-8/h6H,3-5H2,1-2H3. The Kier molecular flexibility index (Phi) is 2.70. The van der Waals surface area contributed by atoms with Gasteiger partial charge in [-0.1, -0.05) is 0 Å². The molecule has 0 aliphatic heterocycles. The fourth-order valence-corrected chi connectivity index (χ4v) is 2.37. The lowest BCUT2D eigenvalue weighted by Crippen LogP contribution is -2.17. The van der Waals surface area contributed by atoms with E-state index in [4.69, 9.17) is 11.6 Å². The van der Waals surface area contributed by atoms with Crippen molar-refractivity contribution in [2.75, 3.05) is 6.26 Å². The van der Waals surface area contributed by atoms with Gasteiger partial charge in [0.2, 0.25) is 0 Å². The first kappa shape index (κ1) is 10.2. The number of alkyl halides is 1. The number of hydrogen-bond acceptors (Lipinski definition) is 4. The molecule has 6 heteroatoms. The van der Waals surface area contributed by atoms with E-state index in [1.165, 1.54) is 12.8 Å². The van der Waals surface area contributed by atoms with E-state index in [2.05, 4.69) is 21.8 Å². The van der Waals surface area contributed by atoms with E-state index in [1.54, 1.807) is 0 Å². The van der Waals surface area contributed by atoms with Gasteiger partial charge >= 0.3 is 0 Å². The van der Waals surface area contributed by atoms with Crippen molar-refractivity contribution in [1.29, 1.82) is 0 Å². The van der Waals surface area contributed by atoms with Crippen LogP contribution in [0.2, 0.25) is 0 Å². The van der Waals surface area contributed by atoms with Crippen LogP contribution in [-0.2, 0) is 6.54 Å². The fourth-order valence-electron chi connectivity index (χ4n) is 1.45.